The number of Topliss-reactive ketones (excluding diaryl/α,β-unsaturated/α-hetero) is 1. The molecule has 0 radical (unpaired) electrons. The van der Waals surface area contributed by atoms with Crippen molar-refractivity contribution in [2.75, 3.05) is 0 Å². The van der Waals surface area contributed by atoms with Gasteiger partial charge < -0.3 is 0 Å². The second-order valence-electron chi connectivity index (χ2n) is 7.54. The SMILES string of the molecule is Cc1ccc(S(=O)(=O)N[C@H](c2ccccc2)[C@H]2C(=O)CCCC[C@@H]2C)cc1. The van der Waals surface area contributed by atoms with Crippen LogP contribution in [-0.4, -0.2) is 14.2 Å². The molecule has 0 bridgehead atoms. The highest BCUT2D eigenvalue weighted by atomic mass is 32.2. The van der Waals surface area contributed by atoms with Crippen LogP contribution in [0.25, 0.3) is 0 Å². The maximum absolute atomic E-state index is 13.0. The van der Waals surface area contributed by atoms with Crippen molar-refractivity contribution < 1.29 is 13.2 Å². The molecule has 1 aliphatic rings. The molecule has 27 heavy (non-hydrogen) atoms. The van der Waals surface area contributed by atoms with Gasteiger partial charge in [0, 0.05) is 12.3 Å². The van der Waals surface area contributed by atoms with Gasteiger partial charge in [0.25, 0.3) is 0 Å². The monoisotopic (exact) mass is 385 g/mol. The van der Waals surface area contributed by atoms with E-state index in [1.54, 1.807) is 24.3 Å². The molecule has 0 aromatic heterocycles. The van der Waals surface area contributed by atoms with E-state index in [1.165, 1.54) is 0 Å². The molecule has 1 fully saturated rings. The van der Waals surface area contributed by atoms with Crippen molar-refractivity contribution >= 4 is 15.8 Å². The van der Waals surface area contributed by atoms with Crippen molar-refractivity contribution in [3.05, 3.63) is 65.7 Å². The molecule has 0 unspecified atom stereocenters. The van der Waals surface area contributed by atoms with Gasteiger partial charge in [-0.1, -0.05) is 61.4 Å². The molecule has 4 nitrogen and oxygen atoms in total. The maximum Gasteiger partial charge on any atom is 0.241 e. The highest BCUT2D eigenvalue weighted by Gasteiger charge is 2.37. The Morgan fingerprint density at radius 3 is 2.33 bits per heavy atom. The Balaban J connectivity index is 2.00. The maximum atomic E-state index is 13.0. The van der Waals surface area contributed by atoms with Crippen molar-refractivity contribution in [3.8, 4) is 0 Å². The van der Waals surface area contributed by atoms with E-state index in [1.807, 2.05) is 37.3 Å². The number of sulfonamides is 1. The number of hydrogen-bond donors (Lipinski definition) is 1. The van der Waals surface area contributed by atoms with Gasteiger partial charge in [0.15, 0.2) is 0 Å². The average molecular weight is 386 g/mol. The molecule has 0 heterocycles. The van der Waals surface area contributed by atoms with Crippen molar-refractivity contribution in [3.63, 3.8) is 0 Å². The standard InChI is InChI=1S/C22H27NO3S/c1-16-12-14-19(15-13-16)27(25,26)23-22(18-9-4-3-5-10-18)21-17(2)8-6-7-11-20(21)24/h3-5,9-10,12-15,17,21-23H,6-8,11H2,1-2H3/t17-,21+,22+/m0/s1. The van der Waals surface area contributed by atoms with Gasteiger partial charge in [-0.3, -0.25) is 4.79 Å². The summed E-state index contributed by atoms with van der Waals surface area (Å²) in [7, 11) is -3.73. The van der Waals surface area contributed by atoms with Crippen molar-refractivity contribution in [2.45, 2.75) is 50.5 Å². The van der Waals surface area contributed by atoms with Gasteiger partial charge in [-0.15, -0.1) is 0 Å². The summed E-state index contributed by atoms with van der Waals surface area (Å²) in [5.41, 5.74) is 1.83. The molecule has 3 atom stereocenters. The van der Waals surface area contributed by atoms with Crippen LogP contribution in [0, 0.1) is 18.8 Å². The van der Waals surface area contributed by atoms with Crippen LogP contribution in [0.2, 0.25) is 0 Å². The minimum Gasteiger partial charge on any atom is -0.299 e. The number of hydrogen-bond acceptors (Lipinski definition) is 3. The quantitative estimate of drug-likeness (QED) is 0.776. The molecule has 1 aliphatic carbocycles. The van der Waals surface area contributed by atoms with Gasteiger partial charge in [-0.05, 0) is 43.4 Å². The van der Waals surface area contributed by atoms with Crippen LogP contribution in [0.5, 0.6) is 0 Å². The summed E-state index contributed by atoms with van der Waals surface area (Å²) in [6.07, 6.45) is 3.35. The van der Waals surface area contributed by atoms with E-state index in [4.69, 9.17) is 0 Å². The van der Waals surface area contributed by atoms with E-state index >= 15 is 0 Å². The van der Waals surface area contributed by atoms with E-state index in [9.17, 15) is 13.2 Å². The smallest absolute Gasteiger partial charge is 0.241 e. The first-order valence-electron chi connectivity index (χ1n) is 9.55. The molecule has 0 saturated heterocycles. The zero-order chi connectivity index (χ0) is 19.4. The van der Waals surface area contributed by atoms with E-state index in [0.29, 0.717) is 6.42 Å². The summed E-state index contributed by atoms with van der Waals surface area (Å²) in [4.78, 5) is 13.1. The number of aryl methyl sites for hydroxylation is 1. The molecule has 1 saturated carbocycles. The van der Waals surface area contributed by atoms with Gasteiger partial charge in [0.1, 0.15) is 5.78 Å². The average Bonchev–Trinajstić information content (AvgIpc) is 2.81. The summed E-state index contributed by atoms with van der Waals surface area (Å²) in [6, 6.07) is 15.7. The molecule has 0 amide bonds. The highest BCUT2D eigenvalue weighted by molar-refractivity contribution is 7.89. The minimum absolute atomic E-state index is 0.130. The predicted molar refractivity (Wildman–Crippen MR) is 107 cm³/mol. The van der Waals surface area contributed by atoms with Gasteiger partial charge in [-0.25, -0.2) is 13.1 Å². The van der Waals surface area contributed by atoms with Crippen molar-refractivity contribution in [2.24, 2.45) is 11.8 Å². The van der Waals surface area contributed by atoms with Crippen LogP contribution >= 0.6 is 0 Å². The second kappa shape index (κ2) is 8.36. The highest BCUT2D eigenvalue weighted by Crippen LogP contribution is 2.36. The fourth-order valence-corrected chi connectivity index (χ4v) is 5.15. The van der Waals surface area contributed by atoms with Crippen molar-refractivity contribution in [1.29, 1.82) is 0 Å². The van der Waals surface area contributed by atoms with Crippen molar-refractivity contribution in [1.82, 2.24) is 4.72 Å². The Kier molecular flexibility index (Phi) is 6.12. The lowest BCUT2D eigenvalue weighted by Gasteiger charge is -2.30. The number of nitrogens with one attached hydrogen (secondary N) is 1. The lowest BCUT2D eigenvalue weighted by molar-refractivity contribution is -0.124. The van der Waals surface area contributed by atoms with E-state index in [2.05, 4.69) is 11.6 Å². The zero-order valence-corrected chi connectivity index (χ0v) is 16.7. The lowest BCUT2D eigenvalue weighted by Crippen LogP contribution is -2.39. The Hall–Kier alpha value is -1.98. The molecule has 2 aromatic carbocycles. The Bertz CT molecular complexity index is 876. The number of ketones is 1. The van der Waals surface area contributed by atoms with E-state index in [-0.39, 0.29) is 22.5 Å². The van der Waals surface area contributed by atoms with Gasteiger partial charge in [0.05, 0.1) is 10.9 Å². The van der Waals surface area contributed by atoms with Crippen LogP contribution < -0.4 is 4.72 Å². The Morgan fingerprint density at radius 2 is 1.67 bits per heavy atom. The summed E-state index contributed by atoms with van der Waals surface area (Å²) in [5, 5.41) is 0. The first-order valence-corrected chi connectivity index (χ1v) is 11.0. The van der Waals surface area contributed by atoms with Gasteiger partial charge >= 0.3 is 0 Å². The first-order chi connectivity index (χ1) is 12.9. The second-order valence-corrected chi connectivity index (χ2v) is 9.25. The molecule has 1 N–H and O–H groups in total. The predicted octanol–water partition coefficient (Wildman–Crippen LogP) is 4.41. The minimum atomic E-state index is -3.73. The fourth-order valence-electron chi connectivity index (χ4n) is 3.91. The molecule has 2 aromatic rings. The van der Waals surface area contributed by atoms with Crippen LogP contribution in [0.15, 0.2) is 59.5 Å². The zero-order valence-electron chi connectivity index (χ0n) is 15.9. The molecule has 0 spiro atoms. The van der Waals surface area contributed by atoms with E-state index in [0.717, 1.165) is 30.4 Å². The third kappa shape index (κ3) is 4.66. The number of carbonyl (C=O) groups is 1. The molecule has 5 heteroatoms. The lowest BCUT2D eigenvalue weighted by atomic mass is 9.80. The summed E-state index contributed by atoms with van der Waals surface area (Å²) >= 11 is 0. The van der Waals surface area contributed by atoms with Crippen LogP contribution in [0.1, 0.15) is 49.8 Å². The first kappa shape index (κ1) is 19.8. The van der Waals surface area contributed by atoms with E-state index < -0.39 is 16.1 Å². The summed E-state index contributed by atoms with van der Waals surface area (Å²) in [5.74, 6) is -0.0680. The third-order valence-electron chi connectivity index (χ3n) is 5.45. The number of rotatable bonds is 5. The third-order valence-corrected chi connectivity index (χ3v) is 6.91. The summed E-state index contributed by atoms with van der Waals surface area (Å²) in [6.45, 7) is 3.98. The normalized spacial score (nSPS) is 22.2. The topological polar surface area (TPSA) is 63.2 Å². The molecule has 144 valence electrons. The van der Waals surface area contributed by atoms with Gasteiger partial charge in [0.2, 0.25) is 10.0 Å². The van der Waals surface area contributed by atoms with Crippen LogP contribution in [-0.2, 0) is 14.8 Å². The molecule has 0 aliphatic heterocycles. The molecular weight excluding hydrogens is 358 g/mol. The summed E-state index contributed by atoms with van der Waals surface area (Å²) < 4.78 is 28.9. The Labute approximate surface area is 162 Å². The largest absolute Gasteiger partial charge is 0.299 e. The Morgan fingerprint density at radius 1 is 1.00 bits per heavy atom. The van der Waals surface area contributed by atoms with Crippen LogP contribution in [0.4, 0.5) is 0 Å². The number of carbonyl (C=O) groups excluding carboxylic acids is 1. The number of benzene rings is 2. The van der Waals surface area contributed by atoms with Crippen LogP contribution in [0.3, 0.4) is 0 Å². The fraction of sp³-hybridized carbons (Fsp3) is 0.409. The van der Waals surface area contributed by atoms with Gasteiger partial charge in [-0.2, -0.15) is 0 Å². The molecule has 3 rings (SSSR count). The molecular formula is C22H27NO3S.